The molecule has 0 fully saturated rings. The van der Waals surface area contributed by atoms with E-state index < -0.39 is 11.7 Å². The van der Waals surface area contributed by atoms with Crippen LogP contribution in [0.2, 0.25) is 5.02 Å². The summed E-state index contributed by atoms with van der Waals surface area (Å²) in [6.07, 6.45) is -3.65. The number of hydrogen-bond donors (Lipinski definition) is 0. The van der Waals surface area contributed by atoms with Crippen molar-refractivity contribution in [2.24, 2.45) is 0 Å². The number of thiazole rings is 1. The standard InChI is InChI=1S/C16H10ClF3N2S2/c17-13-6-11(16(18,19)20)7-21-15(13)24-9-12-8-23-14(22-12)10-4-2-1-3-5-10/h1-8H,9H2. The third-order valence-electron chi connectivity index (χ3n) is 3.06. The molecule has 0 amide bonds. The Bertz CT molecular complexity index is 835. The summed E-state index contributed by atoms with van der Waals surface area (Å²) < 4.78 is 37.8. The molecule has 0 radical (unpaired) electrons. The predicted octanol–water partition coefficient (Wildman–Crippen LogP) is 6.17. The van der Waals surface area contributed by atoms with Gasteiger partial charge in [0.05, 0.1) is 16.3 Å². The zero-order chi connectivity index (χ0) is 17.2. The fraction of sp³-hybridized carbons (Fsp3) is 0.125. The maximum absolute atomic E-state index is 12.6. The molecule has 3 aromatic rings. The number of nitrogens with zero attached hydrogens (tertiary/aromatic N) is 2. The molecule has 8 heteroatoms. The van der Waals surface area contributed by atoms with Gasteiger partial charge in [-0.05, 0) is 6.07 Å². The van der Waals surface area contributed by atoms with Crippen LogP contribution >= 0.6 is 34.7 Å². The Morgan fingerprint density at radius 3 is 2.58 bits per heavy atom. The molecule has 0 aliphatic rings. The lowest BCUT2D eigenvalue weighted by atomic mass is 10.2. The zero-order valence-corrected chi connectivity index (χ0v) is 14.4. The van der Waals surface area contributed by atoms with Gasteiger partial charge in [-0.1, -0.05) is 53.7 Å². The lowest BCUT2D eigenvalue weighted by molar-refractivity contribution is -0.137. The second-order valence-electron chi connectivity index (χ2n) is 4.81. The molecule has 2 nitrogen and oxygen atoms in total. The van der Waals surface area contributed by atoms with Crippen LogP contribution in [0.4, 0.5) is 13.2 Å². The molecule has 0 unspecified atom stereocenters. The average Bonchev–Trinajstić information content (AvgIpc) is 3.02. The van der Waals surface area contributed by atoms with Crippen LogP contribution in [0.25, 0.3) is 10.6 Å². The Kier molecular flexibility index (Phi) is 5.12. The van der Waals surface area contributed by atoms with Crippen molar-refractivity contribution in [2.45, 2.75) is 17.0 Å². The summed E-state index contributed by atoms with van der Waals surface area (Å²) >= 11 is 8.68. The van der Waals surface area contributed by atoms with Gasteiger partial charge in [0.25, 0.3) is 0 Å². The van der Waals surface area contributed by atoms with Crippen LogP contribution < -0.4 is 0 Å². The van der Waals surface area contributed by atoms with Crippen molar-refractivity contribution in [1.29, 1.82) is 0 Å². The summed E-state index contributed by atoms with van der Waals surface area (Å²) in [6.45, 7) is 0. The van der Waals surface area contributed by atoms with Crippen LogP contribution in [0.1, 0.15) is 11.3 Å². The average molecular weight is 387 g/mol. The van der Waals surface area contributed by atoms with E-state index in [4.69, 9.17) is 11.6 Å². The molecule has 0 atom stereocenters. The first-order valence-corrected chi connectivity index (χ1v) is 9.03. The van der Waals surface area contributed by atoms with Crippen LogP contribution in [-0.4, -0.2) is 9.97 Å². The highest BCUT2D eigenvalue weighted by atomic mass is 35.5. The third-order valence-corrected chi connectivity index (χ3v) is 5.44. The second-order valence-corrected chi connectivity index (χ2v) is 7.04. The first-order chi connectivity index (χ1) is 11.4. The largest absolute Gasteiger partial charge is 0.417 e. The normalized spacial score (nSPS) is 11.7. The van der Waals surface area contributed by atoms with Gasteiger partial charge >= 0.3 is 6.18 Å². The Morgan fingerprint density at radius 2 is 1.92 bits per heavy atom. The molecule has 124 valence electrons. The molecule has 0 spiro atoms. The van der Waals surface area contributed by atoms with Crippen LogP contribution in [0, 0.1) is 0 Å². The SMILES string of the molecule is FC(F)(F)c1cnc(SCc2csc(-c3ccccc3)n2)c(Cl)c1. The number of benzene rings is 1. The number of rotatable bonds is 4. The van der Waals surface area contributed by atoms with Crippen molar-refractivity contribution >= 4 is 34.7 Å². The molecule has 2 aromatic heterocycles. The lowest BCUT2D eigenvalue weighted by Crippen LogP contribution is -2.05. The summed E-state index contributed by atoms with van der Waals surface area (Å²) in [7, 11) is 0. The van der Waals surface area contributed by atoms with Crippen LogP contribution in [0.3, 0.4) is 0 Å². The van der Waals surface area contributed by atoms with E-state index in [-0.39, 0.29) is 5.02 Å². The van der Waals surface area contributed by atoms with Crippen LogP contribution in [0.5, 0.6) is 0 Å². The highest BCUT2D eigenvalue weighted by Crippen LogP contribution is 2.35. The van der Waals surface area contributed by atoms with Crippen molar-refractivity contribution in [1.82, 2.24) is 9.97 Å². The van der Waals surface area contributed by atoms with E-state index in [1.54, 1.807) is 0 Å². The molecule has 0 aliphatic carbocycles. The molecule has 3 rings (SSSR count). The summed E-state index contributed by atoms with van der Waals surface area (Å²) in [5.41, 5.74) is 1.02. The fourth-order valence-electron chi connectivity index (χ4n) is 1.92. The van der Waals surface area contributed by atoms with Gasteiger partial charge in [0.15, 0.2) is 0 Å². The van der Waals surface area contributed by atoms with Gasteiger partial charge in [-0.3, -0.25) is 0 Å². The Hall–Kier alpha value is -1.57. The lowest BCUT2D eigenvalue weighted by Gasteiger charge is -2.08. The Balaban J connectivity index is 1.69. The van der Waals surface area contributed by atoms with E-state index in [2.05, 4.69) is 9.97 Å². The monoisotopic (exact) mass is 386 g/mol. The van der Waals surface area contributed by atoms with Crippen molar-refractivity contribution < 1.29 is 13.2 Å². The number of thioether (sulfide) groups is 1. The topological polar surface area (TPSA) is 25.8 Å². The molecule has 0 N–H and O–H groups in total. The van der Waals surface area contributed by atoms with E-state index in [0.29, 0.717) is 10.8 Å². The van der Waals surface area contributed by atoms with Gasteiger partial charge in [-0.2, -0.15) is 13.2 Å². The van der Waals surface area contributed by atoms with E-state index in [1.165, 1.54) is 23.1 Å². The summed E-state index contributed by atoms with van der Waals surface area (Å²) in [6, 6.07) is 10.7. The number of hydrogen-bond acceptors (Lipinski definition) is 4. The molecule has 24 heavy (non-hydrogen) atoms. The highest BCUT2D eigenvalue weighted by Gasteiger charge is 2.31. The molecular formula is C16H10ClF3N2S2. The van der Waals surface area contributed by atoms with E-state index >= 15 is 0 Å². The Labute approximate surface area is 149 Å². The van der Waals surface area contributed by atoms with Gasteiger partial charge < -0.3 is 0 Å². The Morgan fingerprint density at radius 1 is 1.17 bits per heavy atom. The van der Waals surface area contributed by atoms with Crippen LogP contribution in [0.15, 0.2) is 53.0 Å². The fourth-order valence-corrected chi connectivity index (χ4v) is 3.93. The predicted molar refractivity (Wildman–Crippen MR) is 91.4 cm³/mol. The number of halogens is 4. The minimum absolute atomic E-state index is 0.00617. The molecule has 2 heterocycles. The minimum Gasteiger partial charge on any atom is -0.248 e. The molecule has 0 saturated heterocycles. The summed E-state index contributed by atoms with van der Waals surface area (Å²) in [5, 5.41) is 3.18. The van der Waals surface area contributed by atoms with E-state index in [9.17, 15) is 13.2 Å². The van der Waals surface area contributed by atoms with Gasteiger partial charge in [-0.25, -0.2) is 9.97 Å². The van der Waals surface area contributed by atoms with Crippen molar-refractivity contribution in [3.05, 3.63) is 64.3 Å². The summed E-state index contributed by atoms with van der Waals surface area (Å²) in [5.74, 6) is 0.488. The summed E-state index contributed by atoms with van der Waals surface area (Å²) in [4.78, 5) is 8.34. The maximum Gasteiger partial charge on any atom is 0.417 e. The van der Waals surface area contributed by atoms with Crippen LogP contribution in [-0.2, 0) is 11.9 Å². The molecule has 1 aromatic carbocycles. The molecule has 0 aliphatic heterocycles. The number of pyridine rings is 1. The third kappa shape index (κ3) is 4.09. The quantitative estimate of drug-likeness (QED) is 0.501. The molecule has 0 bridgehead atoms. The number of alkyl halides is 3. The zero-order valence-electron chi connectivity index (χ0n) is 12.0. The number of aromatic nitrogens is 2. The van der Waals surface area contributed by atoms with Gasteiger partial charge in [0.2, 0.25) is 0 Å². The van der Waals surface area contributed by atoms with E-state index in [0.717, 1.165) is 28.5 Å². The van der Waals surface area contributed by atoms with E-state index in [1.807, 2.05) is 35.7 Å². The minimum atomic E-state index is -4.45. The smallest absolute Gasteiger partial charge is 0.248 e. The molecular weight excluding hydrogens is 377 g/mol. The molecule has 0 saturated carbocycles. The highest BCUT2D eigenvalue weighted by molar-refractivity contribution is 7.98. The van der Waals surface area contributed by atoms with Crippen molar-refractivity contribution in [3.8, 4) is 10.6 Å². The van der Waals surface area contributed by atoms with Gasteiger partial charge in [0, 0.05) is 22.9 Å². The maximum atomic E-state index is 12.6. The first-order valence-electron chi connectivity index (χ1n) is 6.79. The second kappa shape index (κ2) is 7.13. The van der Waals surface area contributed by atoms with Crippen molar-refractivity contribution in [2.75, 3.05) is 0 Å². The first kappa shape index (κ1) is 17.3. The van der Waals surface area contributed by atoms with Gasteiger partial charge in [0.1, 0.15) is 10.0 Å². The van der Waals surface area contributed by atoms with Crippen molar-refractivity contribution in [3.63, 3.8) is 0 Å². The van der Waals surface area contributed by atoms with Gasteiger partial charge in [-0.15, -0.1) is 11.3 Å².